The molecule has 8 heteroatoms. The SMILES string of the molecule is CCC(=O)c1ccc(OCC(=O)O[C@@H](C)C(=O)Nc2ccnn2C(C)C)cc1. The molecule has 1 aromatic heterocycles. The van der Waals surface area contributed by atoms with Crippen molar-refractivity contribution in [2.45, 2.75) is 46.3 Å². The van der Waals surface area contributed by atoms with E-state index in [1.165, 1.54) is 6.92 Å². The van der Waals surface area contributed by atoms with Crippen LogP contribution in [-0.2, 0) is 14.3 Å². The summed E-state index contributed by atoms with van der Waals surface area (Å²) in [6, 6.07) is 8.25. The van der Waals surface area contributed by atoms with Crippen molar-refractivity contribution in [3.8, 4) is 5.75 Å². The minimum atomic E-state index is -0.990. The van der Waals surface area contributed by atoms with Crippen LogP contribution in [0.1, 0.15) is 50.5 Å². The molecule has 1 amide bonds. The van der Waals surface area contributed by atoms with Gasteiger partial charge in [-0.05, 0) is 45.0 Å². The normalized spacial score (nSPS) is 11.8. The van der Waals surface area contributed by atoms with E-state index < -0.39 is 18.0 Å². The van der Waals surface area contributed by atoms with E-state index in [9.17, 15) is 14.4 Å². The lowest BCUT2D eigenvalue weighted by atomic mass is 10.1. The van der Waals surface area contributed by atoms with E-state index in [1.807, 2.05) is 13.8 Å². The molecule has 28 heavy (non-hydrogen) atoms. The molecule has 0 unspecified atom stereocenters. The number of benzene rings is 1. The average Bonchev–Trinajstić information content (AvgIpc) is 3.14. The Morgan fingerprint density at radius 3 is 2.39 bits per heavy atom. The van der Waals surface area contributed by atoms with Gasteiger partial charge in [-0.25, -0.2) is 9.48 Å². The van der Waals surface area contributed by atoms with Crippen LogP contribution in [-0.4, -0.2) is 40.2 Å². The van der Waals surface area contributed by atoms with E-state index in [0.29, 0.717) is 23.6 Å². The zero-order valence-electron chi connectivity index (χ0n) is 16.5. The molecular weight excluding hydrogens is 362 g/mol. The van der Waals surface area contributed by atoms with Gasteiger partial charge in [0.15, 0.2) is 18.5 Å². The Bertz CT molecular complexity index is 827. The van der Waals surface area contributed by atoms with Gasteiger partial charge >= 0.3 is 5.97 Å². The third-order valence-electron chi connectivity index (χ3n) is 3.94. The van der Waals surface area contributed by atoms with Gasteiger partial charge in [0.1, 0.15) is 11.6 Å². The van der Waals surface area contributed by atoms with Crippen LogP contribution in [0.3, 0.4) is 0 Å². The van der Waals surface area contributed by atoms with E-state index in [0.717, 1.165) is 0 Å². The first kappa shape index (κ1) is 21.1. The Morgan fingerprint density at radius 2 is 1.79 bits per heavy atom. The molecule has 2 rings (SSSR count). The average molecular weight is 387 g/mol. The highest BCUT2D eigenvalue weighted by atomic mass is 16.6. The summed E-state index contributed by atoms with van der Waals surface area (Å²) < 4.78 is 12.1. The summed E-state index contributed by atoms with van der Waals surface area (Å²) in [5.41, 5.74) is 0.586. The second-order valence-corrected chi connectivity index (χ2v) is 6.47. The molecule has 2 aromatic rings. The second kappa shape index (κ2) is 9.68. The van der Waals surface area contributed by atoms with Gasteiger partial charge in [-0.2, -0.15) is 5.10 Å². The molecule has 1 aromatic carbocycles. The molecule has 1 heterocycles. The maximum absolute atomic E-state index is 12.2. The van der Waals surface area contributed by atoms with Gasteiger partial charge < -0.3 is 14.8 Å². The number of hydrogen-bond donors (Lipinski definition) is 1. The lowest BCUT2D eigenvalue weighted by Gasteiger charge is -2.16. The van der Waals surface area contributed by atoms with Crippen molar-refractivity contribution in [2.75, 3.05) is 11.9 Å². The fraction of sp³-hybridized carbons (Fsp3) is 0.400. The summed E-state index contributed by atoms with van der Waals surface area (Å²) in [4.78, 5) is 35.7. The number of hydrogen-bond acceptors (Lipinski definition) is 6. The number of aromatic nitrogens is 2. The maximum atomic E-state index is 12.2. The fourth-order valence-electron chi connectivity index (χ4n) is 2.42. The van der Waals surface area contributed by atoms with Gasteiger partial charge in [0.25, 0.3) is 5.91 Å². The molecule has 0 saturated carbocycles. The first-order valence-electron chi connectivity index (χ1n) is 9.11. The Balaban J connectivity index is 1.82. The molecular formula is C20H25N3O5. The van der Waals surface area contributed by atoms with Crippen molar-refractivity contribution < 1.29 is 23.9 Å². The van der Waals surface area contributed by atoms with Gasteiger partial charge in [-0.15, -0.1) is 0 Å². The Kier molecular flexibility index (Phi) is 7.31. The highest BCUT2D eigenvalue weighted by Crippen LogP contribution is 2.15. The number of nitrogens with zero attached hydrogens (tertiary/aromatic N) is 2. The molecule has 0 fully saturated rings. The summed E-state index contributed by atoms with van der Waals surface area (Å²) in [6.45, 7) is 6.80. The van der Waals surface area contributed by atoms with Crippen LogP contribution >= 0.6 is 0 Å². The smallest absolute Gasteiger partial charge is 0.344 e. The Labute approximate surface area is 163 Å². The van der Waals surface area contributed by atoms with Crippen molar-refractivity contribution in [3.05, 3.63) is 42.1 Å². The highest BCUT2D eigenvalue weighted by molar-refractivity contribution is 5.96. The molecule has 0 bridgehead atoms. The lowest BCUT2D eigenvalue weighted by Crippen LogP contribution is -2.32. The third-order valence-corrected chi connectivity index (χ3v) is 3.94. The number of carbonyl (C=O) groups is 3. The molecule has 8 nitrogen and oxygen atoms in total. The predicted octanol–water partition coefficient (Wildman–Crippen LogP) is 3.01. The number of anilines is 1. The summed E-state index contributed by atoms with van der Waals surface area (Å²) in [7, 11) is 0. The Morgan fingerprint density at radius 1 is 1.11 bits per heavy atom. The largest absolute Gasteiger partial charge is 0.482 e. The quantitative estimate of drug-likeness (QED) is 0.524. The van der Waals surface area contributed by atoms with Crippen molar-refractivity contribution in [1.29, 1.82) is 0 Å². The number of nitrogens with one attached hydrogen (secondary N) is 1. The van der Waals surface area contributed by atoms with Crippen LogP contribution in [0.15, 0.2) is 36.5 Å². The van der Waals surface area contributed by atoms with Crippen molar-refractivity contribution in [2.24, 2.45) is 0 Å². The van der Waals surface area contributed by atoms with E-state index in [-0.39, 0.29) is 18.4 Å². The van der Waals surface area contributed by atoms with Crippen LogP contribution in [0.25, 0.3) is 0 Å². The lowest BCUT2D eigenvalue weighted by molar-refractivity contribution is -0.155. The Hall–Kier alpha value is -3.16. The standard InChI is InChI=1S/C20H25N3O5/c1-5-17(24)15-6-8-16(9-7-15)27-12-19(25)28-14(4)20(26)22-18-10-11-21-23(18)13(2)3/h6-11,13-14H,5,12H2,1-4H3,(H,22,26)/t14-/m0/s1. The molecule has 0 aliphatic rings. The number of esters is 1. The van der Waals surface area contributed by atoms with Crippen LogP contribution in [0.5, 0.6) is 5.75 Å². The van der Waals surface area contributed by atoms with Crippen molar-refractivity contribution in [1.82, 2.24) is 9.78 Å². The fourth-order valence-corrected chi connectivity index (χ4v) is 2.42. The minimum Gasteiger partial charge on any atom is -0.482 e. The van der Waals surface area contributed by atoms with Crippen LogP contribution in [0, 0.1) is 0 Å². The van der Waals surface area contributed by atoms with E-state index in [2.05, 4.69) is 10.4 Å². The van der Waals surface area contributed by atoms with Gasteiger partial charge in [0.05, 0.1) is 6.20 Å². The van der Waals surface area contributed by atoms with E-state index in [4.69, 9.17) is 9.47 Å². The number of Topliss-reactive ketones (excluding diaryl/α,β-unsaturated/α-hetero) is 1. The molecule has 0 aliphatic heterocycles. The molecule has 1 atom stereocenters. The summed E-state index contributed by atoms with van der Waals surface area (Å²) >= 11 is 0. The van der Waals surface area contributed by atoms with Gasteiger partial charge in [-0.3, -0.25) is 9.59 Å². The van der Waals surface area contributed by atoms with Crippen LogP contribution in [0.4, 0.5) is 5.82 Å². The number of rotatable bonds is 9. The molecule has 0 aliphatic carbocycles. The van der Waals surface area contributed by atoms with Crippen molar-refractivity contribution in [3.63, 3.8) is 0 Å². The minimum absolute atomic E-state index is 0.0320. The molecule has 0 spiro atoms. The molecule has 0 saturated heterocycles. The zero-order chi connectivity index (χ0) is 20.7. The van der Waals surface area contributed by atoms with Gasteiger partial charge in [0.2, 0.25) is 0 Å². The van der Waals surface area contributed by atoms with Gasteiger partial charge in [-0.1, -0.05) is 6.92 Å². The van der Waals surface area contributed by atoms with E-state index in [1.54, 1.807) is 48.1 Å². The number of amides is 1. The van der Waals surface area contributed by atoms with Crippen LogP contribution < -0.4 is 10.1 Å². The van der Waals surface area contributed by atoms with Crippen molar-refractivity contribution >= 4 is 23.5 Å². The zero-order valence-corrected chi connectivity index (χ0v) is 16.5. The van der Waals surface area contributed by atoms with Gasteiger partial charge in [0, 0.05) is 24.1 Å². The topological polar surface area (TPSA) is 99.5 Å². The van der Waals surface area contributed by atoms with E-state index >= 15 is 0 Å². The third kappa shape index (κ3) is 5.67. The van der Waals surface area contributed by atoms with Crippen LogP contribution in [0.2, 0.25) is 0 Å². The number of ketones is 1. The molecule has 150 valence electrons. The summed E-state index contributed by atoms with van der Waals surface area (Å²) in [5.74, 6) is -0.139. The predicted molar refractivity (Wildman–Crippen MR) is 103 cm³/mol. The molecule has 1 N–H and O–H groups in total. The second-order valence-electron chi connectivity index (χ2n) is 6.47. The number of carbonyl (C=O) groups excluding carboxylic acids is 3. The molecule has 0 radical (unpaired) electrons. The first-order valence-corrected chi connectivity index (χ1v) is 9.11. The highest BCUT2D eigenvalue weighted by Gasteiger charge is 2.20. The maximum Gasteiger partial charge on any atom is 0.344 e. The number of ether oxygens (including phenoxy) is 2. The summed E-state index contributed by atoms with van der Waals surface area (Å²) in [5, 5.41) is 6.81. The summed E-state index contributed by atoms with van der Waals surface area (Å²) in [6.07, 6.45) is 1.01. The first-order chi connectivity index (χ1) is 13.3. The monoisotopic (exact) mass is 387 g/mol.